The van der Waals surface area contributed by atoms with E-state index in [1.807, 2.05) is 12.1 Å². The van der Waals surface area contributed by atoms with Gasteiger partial charge in [0.2, 0.25) is 0 Å². The van der Waals surface area contributed by atoms with E-state index in [2.05, 4.69) is 72.2 Å². The van der Waals surface area contributed by atoms with Crippen molar-refractivity contribution in [3.63, 3.8) is 0 Å². The van der Waals surface area contributed by atoms with Crippen LogP contribution in [0.15, 0.2) is 36.3 Å². The summed E-state index contributed by atoms with van der Waals surface area (Å²) in [5.74, 6) is 0.849. The molecule has 2 nitrogen and oxygen atoms in total. The van der Waals surface area contributed by atoms with Gasteiger partial charge < -0.3 is 10.1 Å². The molecule has 0 fully saturated rings. The van der Waals surface area contributed by atoms with E-state index in [9.17, 15) is 0 Å². The third kappa shape index (κ3) is 3.65. The van der Waals surface area contributed by atoms with E-state index in [4.69, 9.17) is 4.74 Å². The summed E-state index contributed by atoms with van der Waals surface area (Å²) in [4.78, 5) is 0. The highest BCUT2D eigenvalue weighted by molar-refractivity contribution is 9.12. The molecule has 108 valence electrons. The first kappa shape index (κ1) is 16.5. The van der Waals surface area contributed by atoms with Crippen molar-refractivity contribution < 1.29 is 4.74 Å². The third-order valence-corrected chi connectivity index (χ3v) is 5.99. The van der Waals surface area contributed by atoms with Crippen LogP contribution in [0.25, 0.3) is 0 Å². The summed E-state index contributed by atoms with van der Waals surface area (Å²) in [5.41, 5.74) is 2.42. The Morgan fingerprint density at radius 2 is 1.95 bits per heavy atom. The topological polar surface area (TPSA) is 21.3 Å². The highest BCUT2D eigenvalue weighted by Gasteiger charge is 2.20. The number of methoxy groups -OCH3 is 1. The lowest BCUT2D eigenvalue weighted by atomic mass is 10.0. The molecule has 0 aliphatic rings. The van der Waals surface area contributed by atoms with Crippen LogP contribution in [-0.2, 0) is 0 Å². The lowest BCUT2D eigenvalue weighted by Crippen LogP contribution is -2.22. The minimum atomic E-state index is 0.136. The summed E-state index contributed by atoms with van der Waals surface area (Å²) in [6.07, 6.45) is 0. The standard InChI is InChI=1S/C14H14Br3NOS/c1-3-18-13(10-7-12(16)20-14(10)17)9-5-4-8(19-2)6-11(9)15/h4-7,13,18H,3H2,1-2H3. The van der Waals surface area contributed by atoms with Crippen LogP contribution in [0, 0.1) is 0 Å². The first-order valence-corrected chi connectivity index (χ1v) is 9.28. The van der Waals surface area contributed by atoms with Crippen LogP contribution in [0.1, 0.15) is 24.1 Å². The molecule has 1 unspecified atom stereocenters. The fourth-order valence-electron chi connectivity index (χ4n) is 2.01. The van der Waals surface area contributed by atoms with Gasteiger partial charge in [0.05, 0.1) is 20.7 Å². The summed E-state index contributed by atoms with van der Waals surface area (Å²) in [5, 5.41) is 3.53. The second-order valence-electron chi connectivity index (χ2n) is 4.16. The van der Waals surface area contributed by atoms with Gasteiger partial charge in [-0.1, -0.05) is 28.9 Å². The van der Waals surface area contributed by atoms with Crippen molar-refractivity contribution in [1.82, 2.24) is 5.32 Å². The maximum atomic E-state index is 5.26. The molecule has 0 saturated carbocycles. The highest BCUT2D eigenvalue weighted by Crippen LogP contribution is 2.40. The Morgan fingerprint density at radius 3 is 2.45 bits per heavy atom. The maximum absolute atomic E-state index is 5.26. The summed E-state index contributed by atoms with van der Waals surface area (Å²) in [6, 6.07) is 8.36. The average molecular weight is 484 g/mol. The number of thiophene rings is 1. The zero-order valence-corrected chi connectivity index (χ0v) is 16.6. The van der Waals surface area contributed by atoms with E-state index in [1.165, 1.54) is 11.1 Å². The molecular weight excluding hydrogens is 470 g/mol. The molecule has 0 bridgehead atoms. The number of rotatable bonds is 5. The summed E-state index contributed by atoms with van der Waals surface area (Å²) in [7, 11) is 1.68. The molecule has 0 aliphatic heterocycles. The average Bonchev–Trinajstić information content (AvgIpc) is 2.75. The lowest BCUT2D eigenvalue weighted by molar-refractivity contribution is 0.414. The van der Waals surface area contributed by atoms with Crippen molar-refractivity contribution in [3.8, 4) is 5.75 Å². The monoisotopic (exact) mass is 481 g/mol. The molecule has 6 heteroatoms. The van der Waals surface area contributed by atoms with Crippen molar-refractivity contribution in [3.05, 3.63) is 47.4 Å². The van der Waals surface area contributed by atoms with Crippen LogP contribution in [0.3, 0.4) is 0 Å². The molecular formula is C14H14Br3NOS. The summed E-state index contributed by atoms with van der Waals surface area (Å²) < 4.78 is 8.55. The molecule has 2 rings (SSSR count). The number of hydrogen-bond acceptors (Lipinski definition) is 3. The van der Waals surface area contributed by atoms with Crippen LogP contribution >= 0.6 is 59.1 Å². The number of hydrogen-bond donors (Lipinski definition) is 1. The SMILES string of the molecule is CCNC(c1ccc(OC)cc1Br)c1cc(Br)sc1Br. The van der Waals surface area contributed by atoms with Gasteiger partial charge in [0.1, 0.15) is 5.75 Å². The van der Waals surface area contributed by atoms with Gasteiger partial charge in [-0.15, -0.1) is 11.3 Å². The molecule has 0 saturated heterocycles. The minimum absolute atomic E-state index is 0.136. The predicted octanol–water partition coefficient (Wildman–Crippen LogP) is 5.74. The third-order valence-electron chi connectivity index (χ3n) is 2.92. The molecule has 0 amide bonds. The Hall–Kier alpha value is 0.120. The van der Waals surface area contributed by atoms with Crippen LogP contribution in [0.2, 0.25) is 0 Å². The van der Waals surface area contributed by atoms with Gasteiger partial charge in [-0.2, -0.15) is 0 Å². The van der Waals surface area contributed by atoms with Crippen molar-refractivity contribution in [2.45, 2.75) is 13.0 Å². The van der Waals surface area contributed by atoms with E-state index in [1.54, 1.807) is 18.4 Å². The Labute approximate surface area is 148 Å². The fraction of sp³-hybridized carbons (Fsp3) is 0.286. The van der Waals surface area contributed by atoms with E-state index in [0.29, 0.717) is 0 Å². The fourth-order valence-corrected chi connectivity index (χ4v) is 5.50. The molecule has 1 atom stereocenters. The maximum Gasteiger partial charge on any atom is 0.120 e. The van der Waals surface area contributed by atoms with Crippen LogP contribution < -0.4 is 10.1 Å². The van der Waals surface area contributed by atoms with Gasteiger partial charge in [0.15, 0.2) is 0 Å². The normalized spacial score (nSPS) is 12.4. The predicted molar refractivity (Wildman–Crippen MR) is 95.9 cm³/mol. The Bertz CT molecular complexity index is 600. The summed E-state index contributed by atoms with van der Waals surface area (Å²) >= 11 is 12.5. The van der Waals surface area contributed by atoms with E-state index < -0.39 is 0 Å². The van der Waals surface area contributed by atoms with Crippen molar-refractivity contribution in [2.24, 2.45) is 0 Å². The smallest absolute Gasteiger partial charge is 0.120 e. The van der Waals surface area contributed by atoms with Gasteiger partial charge in [-0.3, -0.25) is 0 Å². The molecule has 0 radical (unpaired) electrons. The van der Waals surface area contributed by atoms with E-state index in [-0.39, 0.29) is 6.04 Å². The van der Waals surface area contributed by atoms with Gasteiger partial charge in [-0.25, -0.2) is 0 Å². The first-order chi connectivity index (χ1) is 9.56. The number of ether oxygens (including phenoxy) is 1. The van der Waals surface area contributed by atoms with E-state index in [0.717, 1.165) is 24.3 Å². The molecule has 1 aromatic carbocycles. The molecule has 0 spiro atoms. The number of benzene rings is 1. The van der Waals surface area contributed by atoms with Gasteiger partial charge >= 0.3 is 0 Å². The largest absolute Gasteiger partial charge is 0.497 e. The van der Waals surface area contributed by atoms with Crippen molar-refractivity contribution >= 4 is 59.1 Å². The Morgan fingerprint density at radius 1 is 1.20 bits per heavy atom. The zero-order chi connectivity index (χ0) is 14.7. The van der Waals surface area contributed by atoms with Crippen LogP contribution in [0.5, 0.6) is 5.75 Å². The summed E-state index contributed by atoms with van der Waals surface area (Å²) in [6.45, 7) is 3.00. The lowest BCUT2D eigenvalue weighted by Gasteiger charge is -2.20. The Balaban J connectivity index is 2.45. The minimum Gasteiger partial charge on any atom is -0.497 e. The second kappa shape index (κ2) is 7.40. The van der Waals surface area contributed by atoms with E-state index >= 15 is 0 Å². The molecule has 1 N–H and O–H groups in total. The molecule has 1 heterocycles. The van der Waals surface area contributed by atoms with Crippen molar-refractivity contribution in [1.29, 1.82) is 0 Å². The van der Waals surface area contributed by atoms with Gasteiger partial charge in [0.25, 0.3) is 0 Å². The highest BCUT2D eigenvalue weighted by atomic mass is 79.9. The van der Waals surface area contributed by atoms with Crippen LogP contribution in [0.4, 0.5) is 0 Å². The molecule has 20 heavy (non-hydrogen) atoms. The zero-order valence-electron chi connectivity index (χ0n) is 11.0. The second-order valence-corrected chi connectivity index (χ2v) is 8.76. The molecule has 1 aromatic heterocycles. The number of halogens is 3. The molecule has 2 aromatic rings. The quantitative estimate of drug-likeness (QED) is 0.585. The van der Waals surface area contributed by atoms with Crippen molar-refractivity contribution in [2.75, 3.05) is 13.7 Å². The van der Waals surface area contributed by atoms with Crippen LogP contribution in [-0.4, -0.2) is 13.7 Å². The van der Waals surface area contributed by atoms with Gasteiger partial charge in [-0.05, 0) is 67.7 Å². The molecule has 0 aliphatic carbocycles. The van der Waals surface area contributed by atoms with Gasteiger partial charge in [0, 0.05) is 4.47 Å². The first-order valence-electron chi connectivity index (χ1n) is 6.08. The number of nitrogens with one attached hydrogen (secondary N) is 1. The Kier molecular flexibility index (Phi) is 6.10.